The quantitative estimate of drug-likeness (QED) is 0.874. The van der Waals surface area contributed by atoms with Gasteiger partial charge < -0.3 is 15.2 Å². The van der Waals surface area contributed by atoms with E-state index in [4.69, 9.17) is 5.73 Å². The van der Waals surface area contributed by atoms with E-state index in [9.17, 15) is 4.39 Å². The highest BCUT2D eigenvalue weighted by atomic mass is 19.1. The lowest BCUT2D eigenvalue weighted by molar-refractivity contribution is 0.627. The zero-order valence-corrected chi connectivity index (χ0v) is 10.4. The number of imidazole rings is 1. The summed E-state index contributed by atoms with van der Waals surface area (Å²) in [6.45, 7) is 2.06. The molecule has 0 bridgehead atoms. The van der Waals surface area contributed by atoms with Gasteiger partial charge in [-0.25, -0.2) is 9.37 Å². The average molecular weight is 248 g/mol. The molecular formula is C13H17FN4. The number of nitrogens with zero attached hydrogens (tertiary/aromatic N) is 3. The van der Waals surface area contributed by atoms with Gasteiger partial charge >= 0.3 is 0 Å². The maximum absolute atomic E-state index is 12.8. The molecule has 0 aliphatic heterocycles. The molecule has 0 saturated heterocycles. The molecule has 0 amide bonds. The maximum Gasteiger partial charge on any atom is 0.123 e. The van der Waals surface area contributed by atoms with Gasteiger partial charge in [-0.1, -0.05) is 0 Å². The number of hydrogen-bond donors (Lipinski definition) is 1. The van der Waals surface area contributed by atoms with Crippen LogP contribution in [0.3, 0.4) is 0 Å². The number of benzene rings is 1. The van der Waals surface area contributed by atoms with E-state index in [1.807, 2.05) is 22.7 Å². The Morgan fingerprint density at radius 3 is 2.72 bits per heavy atom. The molecule has 1 aromatic carbocycles. The highest BCUT2D eigenvalue weighted by Crippen LogP contribution is 2.15. The largest absolute Gasteiger partial charge is 0.369 e. The zero-order chi connectivity index (χ0) is 13.0. The van der Waals surface area contributed by atoms with Crippen LogP contribution in [0, 0.1) is 5.82 Å². The molecule has 0 aliphatic carbocycles. The standard InChI is InChI=1S/C13H17FN4/c1-17(13-4-2-11(14)3-5-13)8-12-9-18(7-6-15)10-16-12/h2-5,9-10H,6-8,15H2,1H3. The second-order valence-corrected chi connectivity index (χ2v) is 4.22. The molecule has 0 atom stereocenters. The lowest BCUT2D eigenvalue weighted by Crippen LogP contribution is -2.16. The molecule has 0 unspecified atom stereocenters. The average Bonchev–Trinajstić information content (AvgIpc) is 2.78. The summed E-state index contributed by atoms with van der Waals surface area (Å²) >= 11 is 0. The van der Waals surface area contributed by atoms with Crippen molar-refractivity contribution in [2.45, 2.75) is 13.1 Å². The fourth-order valence-corrected chi connectivity index (χ4v) is 1.79. The Kier molecular flexibility index (Phi) is 3.94. The molecule has 5 heteroatoms. The first kappa shape index (κ1) is 12.6. The summed E-state index contributed by atoms with van der Waals surface area (Å²) in [5.41, 5.74) is 7.41. The molecule has 1 aromatic heterocycles. The lowest BCUT2D eigenvalue weighted by atomic mass is 10.3. The fraction of sp³-hybridized carbons (Fsp3) is 0.308. The number of rotatable bonds is 5. The lowest BCUT2D eigenvalue weighted by Gasteiger charge is -2.17. The highest BCUT2D eigenvalue weighted by molar-refractivity contribution is 5.45. The normalized spacial score (nSPS) is 10.6. The van der Waals surface area contributed by atoms with E-state index in [1.165, 1.54) is 12.1 Å². The third kappa shape index (κ3) is 3.07. The van der Waals surface area contributed by atoms with Gasteiger partial charge in [0.05, 0.1) is 18.6 Å². The summed E-state index contributed by atoms with van der Waals surface area (Å²) in [6, 6.07) is 6.43. The molecule has 0 saturated carbocycles. The van der Waals surface area contributed by atoms with Gasteiger partial charge in [-0.15, -0.1) is 0 Å². The summed E-state index contributed by atoms with van der Waals surface area (Å²) in [5.74, 6) is -0.223. The first-order valence-electron chi connectivity index (χ1n) is 5.86. The molecule has 2 aromatic rings. The Labute approximate surface area is 106 Å². The van der Waals surface area contributed by atoms with Gasteiger partial charge in [0.1, 0.15) is 5.82 Å². The maximum atomic E-state index is 12.8. The van der Waals surface area contributed by atoms with E-state index in [0.717, 1.165) is 17.9 Å². The van der Waals surface area contributed by atoms with Crippen LogP contribution in [0.15, 0.2) is 36.8 Å². The Morgan fingerprint density at radius 2 is 2.06 bits per heavy atom. The Bertz CT molecular complexity index is 492. The van der Waals surface area contributed by atoms with Crippen LogP contribution in [-0.4, -0.2) is 23.1 Å². The van der Waals surface area contributed by atoms with Crippen LogP contribution >= 0.6 is 0 Å². The minimum atomic E-state index is -0.223. The molecule has 2 rings (SSSR count). The second-order valence-electron chi connectivity index (χ2n) is 4.22. The van der Waals surface area contributed by atoms with Gasteiger partial charge in [-0.3, -0.25) is 0 Å². The van der Waals surface area contributed by atoms with Gasteiger partial charge in [0.25, 0.3) is 0 Å². The number of nitrogens with two attached hydrogens (primary N) is 1. The van der Waals surface area contributed by atoms with Crippen LogP contribution < -0.4 is 10.6 Å². The van der Waals surface area contributed by atoms with Gasteiger partial charge in [-0.05, 0) is 24.3 Å². The zero-order valence-electron chi connectivity index (χ0n) is 10.4. The Morgan fingerprint density at radius 1 is 1.33 bits per heavy atom. The van der Waals surface area contributed by atoms with Crippen LogP contribution in [-0.2, 0) is 13.1 Å². The molecule has 4 nitrogen and oxygen atoms in total. The molecule has 1 heterocycles. The van der Waals surface area contributed by atoms with E-state index in [0.29, 0.717) is 13.1 Å². The summed E-state index contributed by atoms with van der Waals surface area (Å²) in [4.78, 5) is 6.33. The van der Waals surface area contributed by atoms with E-state index in [1.54, 1.807) is 18.5 Å². The topological polar surface area (TPSA) is 47.1 Å². The fourth-order valence-electron chi connectivity index (χ4n) is 1.79. The smallest absolute Gasteiger partial charge is 0.123 e. The summed E-state index contributed by atoms with van der Waals surface area (Å²) in [6.07, 6.45) is 3.76. The van der Waals surface area contributed by atoms with Crippen LogP contribution in [0.1, 0.15) is 5.69 Å². The highest BCUT2D eigenvalue weighted by Gasteiger charge is 2.05. The molecule has 0 fully saturated rings. The summed E-state index contributed by atoms with van der Waals surface area (Å²) < 4.78 is 14.8. The van der Waals surface area contributed by atoms with Crippen molar-refractivity contribution in [3.63, 3.8) is 0 Å². The van der Waals surface area contributed by atoms with Crippen molar-refractivity contribution >= 4 is 5.69 Å². The molecule has 2 N–H and O–H groups in total. The van der Waals surface area contributed by atoms with Gasteiger partial charge in [0.15, 0.2) is 0 Å². The predicted molar refractivity (Wildman–Crippen MR) is 69.8 cm³/mol. The van der Waals surface area contributed by atoms with E-state index in [2.05, 4.69) is 4.98 Å². The van der Waals surface area contributed by atoms with Crippen molar-refractivity contribution in [1.29, 1.82) is 0 Å². The summed E-state index contributed by atoms with van der Waals surface area (Å²) in [7, 11) is 1.95. The third-order valence-corrected chi connectivity index (χ3v) is 2.74. The van der Waals surface area contributed by atoms with Crippen LogP contribution in [0.4, 0.5) is 10.1 Å². The van der Waals surface area contributed by atoms with Crippen LogP contribution in [0.5, 0.6) is 0 Å². The summed E-state index contributed by atoms with van der Waals surface area (Å²) in [5, 5.41) is 0. The van der Waals surface area contributed by atoms with E-state index >= 15 is 0 Å². The van der Waals surface area contributed by atoms with Crippen molar-refractivity contribution in [3.05, 3.63) is 48.3 Å². The van der Waals surface area contributed by atoms with Crippen LogP contribution in [0.25, 0.3) is 0 Å². The van der Waals surface area contributed by atoms with Gasteiger partial charge in [-0.2, -0.15) is 0 Å². The number of hydrogen-bond acceptors (Lipinski definition) is 3. The van der Waals surface area contributed by atoms with Crippen molar-refractivity contribution < 1.29 is 4.39 Å². The number of aromatic nitrogens is 2. The monoisotopic (exact) mass is 248 g/mol. The predicted octanol–water partition coefficient (Wildman–Crippen LogP) is 1.62. The Balaban J connectivity index is 2.01. The first-order chi connectivity index (χ1) is 8.69. The van der Waals surface area contributed by atoms with Crippen molar-refractivity contribution in [3.8, 4) is 0 Å². The molecule has 0 aliphatic rings. The van der Waals surface area contributed by atoms with Gasteiger partial charge in [0, 0.05) is 32.0 Å². The first-order valence-corrected chi connectivity index (χ1v) is 5.86. The minimum absolute atomic E-state index is 0.223. The molecule has 0 radical (unpaired) electrons. The molecule has 96 valence electrons. The van der Waals surface area contributed by atoms with Crippen LogP contribution in [0.2, 0.25) is 0 Å². The van der Waals surface area contributed by atoms with Gasteiger partial charge in [0.2, 0.25) is 0 Å². The van der Waals surface area contributed by atoms with E-state index in [-0.39, 0.29) is 5.82 Å². The molecule has 18 heavy (non-hydrogen) atoms. The van der Waals surface area contributed by atoms with Crippen molar-refractivity contribution in [1.82, 2.24) is 9.55 Å². The van der Waals surface area contributed by atoms with E-state index < -0.39 is 0 Å². The number of anilines is 1. The Hall–Kier alpha value is -1.88. The van der Waals surface area contributed by atoms with Crippen molar-refractivity contribution in [2.24, 2.45) is 5.73 Å². The molecular weight excluding hydrogens is 231 g/mol. The molecule has 0 spiro atoms. The second kappa shape index (κ2) is 5.64. The third-order valence-electron chi connectivity index (χ3n) is 2.74. The minimum Gasteiger partial charge on any atom is -0.369 e. The number of halogens is 1. The van der Waals surface area contributed by atoms with Crippen molar-refractivity contribution in [2.75, 3.05) is 18.5 Å². The SMILES string of the molecule is CN(Cc1cn(CCN)cn1)c1ccc(F)cc1.